The lowest BCUT2D eigenvalue weighted by atomic mass is 9.99. The number of piperidine rings is 1. The molecular formula is C14H17FN2O. The number of rotatable bonds is 3. The number of hydrogen-bond donors (Lipinski definition) is 0. The van der Waals surface area contributed by atoms with Crippen molar-refractivity contribution in [3.63, 3.8) is 0 Å². The Morgan fingerprint density at radius 1 is 1.56 bits per heavy atom. The third-order valence-electron chi connectivity index (χ3n) is 3.31. The van der Waals surface area contributed by atoms with Crippen LogP contribution in [0.25, 0.3) is 0 Å². The summed E-state index contributed by atoms with van der Waals surface area (Å²) in [5, 5.41) is 8.93. The van der Waals surface area contributed by atoms with E-state index in [9.17, 15) is 4.39 Å². The molecule has 1 heterocycles. The van der Waals surface area contributed by atoms with E-state index in [1.165, 1.54) is 13.2 Å². The summed E-state index contributed by atoms with van der Waals surface area (Å²) in [6.07, 6.45) is 2.01. The molecule has 0 N–H and O–H groups in total. The lowest BCUT2D eigenvalue weighted by Gasteiger charge is -2.29. The van der Waals surface area contributed by atoms with E-state index in [4.69, 9.17) is 10.00 Å². The second-order valence-electron chi connectivity index (χ2n) is 4.67. The van der Waals surface area contributed by atoms with Gasteiger partial charge in [0.25, 0.3) is 0 Å². The molecule has 1 fully saturated rings. The van der Waals surface area contributed by atoms with Gasteiger partial charge in [-0.15, -0.1) is 0 Å². The van der Waals surface area contributed by atoms with Gasteiger partial charge in [0.05, 0.1) is 19.1 Å². The van der Waals surface area contributed by atoms with E-state index in [-0.39, 0.29) is 17.5 Å². The zero-order chi connectivity index (χ0) is 13.0. The van der Waals surface area contributed by atoms with Gasteiger partial charge >= 0.3 is 0 Å². The van der Waals surface area contributed by atoms with Crippen LogP contribution in [0.15, 0.2) is 18.2 Å². The van der Waals surface area contributed by atoms with Crippen molar-refractivity contribution in [2.24, 2.45) is 5.92 Å². The number of halogens is 1. The van der Waals surface area contributed by atoms with Crippen molar-refractivity contribution < 1.29 is 9.13 Å². The van der Waals surface area contributed by atoms with Gasteiger partial charge in [-0.1, -0.05) is 6.07 Å². The van der Waals surface area contributed by atoms with Gasteiger partial charge in [-0.3, -0.25) is 4.90 Å². The molecule has 2 rings (SSSR count). The average Bonchev–Trinajstić information content (AvgIpc) is 2.39. The fourth-order valence-electron chi connectivity index (χ4n) is 2.37. The summed E-state index contributed by atoms with van der Waals surface area (Å²) in [4.78, 5) is 2.21. The third kappa shape index (κ3) is 2.99. The van der Waals surface area contributed by atoms with Crippen LogP contribution < -0.4 is 4.74 Å². The van der Waals surface area contributed by atoms with Crippen LogP contribution in [0.4, 0.5) is 4.39 Å². The van der Waals surface area contributed by atoms with E-state index in [2.05, 4.69) is 11.0 Å². The predicted molar refractivity (Wildman–Crippen MR) is 66.6 cm³/mol. The molecule has 0 amide bonds. The Balaban J connectivity index is 2.01. The molecule has 0 aliphatic carbocycles. The number of ether oxygens (including phenoxy) is 1. The van der Waals surface area contributed by atoms with Gasteiger partial charge in [-0.05, 0) is 37.1 Å². The number of hydrogen-bond acceptors (Lipinski definition) is 3. The van der Waals surface area contributed by atoms with Gasteiger partial charge in [0.15, 0.2) is 11.6 Å². The molecule has 1 aromatic rings. The van der Waals surface area contributed by atoms with Crippen molar-refractivity contribution >= 4 is 0 Å². The average molecular weight is 248 g/mol. The SMILES string of the molecule is COc1ccc(CN2CCCC(C#N)C2)cc1F. The minimum Gasteiger partial charge on any atom is -0.494 e. The number of nitrogens with zero attached hydrogens (tertiary/aromatic N) is 2. The highest BCUT2D eigenvalue weighted by Crippen LogP contribution is 2.21. The lowest BCUT2D eigenvalue weighted by molar-refractivity contribution is 0.192. The summed E-state index contributed by atoms with van der Waals surface area (Å²) in [6.45, 7) is 2.45. The molecule has 0 saturated carbocycles. The standard InChI is InChI=1S/C14H17FN2O/c1-18-14-5-4-11(7-13(14)15)9-17-6-2-3-12(8-16)10-17/h4-5,7,12H,2-3,6,9-10H2,1H3. The molecule has 96 valence electrons. The molecule has 1 saturated heterocycles. The van der Waals surface area contributed by atoms with E-state index in [0.29, 0.717) is 6.54 Å². The van der Waals surface area contributed by atoms with E-state index < -0.39 is 0 Å². The normalized spacial score (nSPS) is 20.4. The lowest BCUT2D eigenvalue weighted by Crippen LogP contribution is -2.34. The molecular weight excluding hydrogens is 231 g/mol. The molecule has 0 bridgehead atoms. The molecule has 1 unspecified atom stereocenters. The highest BCUT2D eigenvalue weighted by Gasteiger charge is 2.19. The maximum absolute atomic E-state index is 13.6. The highest BCUT2D eigenvalue weighted by atomic mass is 19.1. The Kier molecular flexibility index (Phi) is 4.16. The summed E-state index contributed by atoms with van der Waals surface area (Å²) < 4.78 is 18.4. The van der Waals surface area contributed by atoms with Crippen LogP contribution in [0.5, 0.6) is 5.75 Å². The Morgan fingerprint density at radius 3 is 3.06 bits per heavy atom. The fraction of sp³-hybridized carbons (Fsp3) is 0.500. The van der Waals surface area contributed by atoms with E-state index in [1.54, 1.807) is 6.07 Å². The monoisotopic (exact) mass is 248 g/mol. The summed E-state index contributed by atoms with van der Waals surface area (Å²) in [7, 11) is 1.46. The van der Waals surface area contributed by atoms with Gasteiger partial charge in [-0.2, -0.15) is 5.26 Å². The quantitative estimate of drug-likeness (QED) is 0.824. The second-order valence-corrected chi connectivity index (χ2v) is 4.67. The minimum atomic E-state index is -0.330. The van der Waals surface area contributed by atoms with Crippen LogP contribution in [0.1, 0.15) is 18.4 Å². The first-order valence-electron chi connectivity index (χ1n) is 6.17. The number of likely N-dealkylation sites (tertiary alicyclic amines) is 1. The molecule has 1 aliphatic rings. The maximum Gasteiger partial charge on any atom is 0.165 e. The summed E-state index contributed by atoms with van der Waals surface area (Å²) in [5.41, 5.74) is 0.923. The molecule has 4 heteroatoms. The van der Waals surface area contributed by atoms with Crippen molar-refractivity contribution in [3.8, 4) is 11.8 Å². The van der Waals surface area contributed by atoms with Crippen LogP contribution in [0.2, 0.25) is 0 Å². The third-order valence-corrected chi connectivity index (χ3v) is 3.31. The number of benzene rings is 1. The van der Waals surface area contributed by atoms with Crippen LogP contribution in [0, 0.1) is 23.1 Å². The van der Waals surface area contributed by atoms with Gasteiger partial charge in [0.1, 0.15) is 0 Å². The Morgan fingerprint density at radius 2 is 2.39 bits per heavy atom. The first-order valence-corrected chi connectivity index (χ1v) is 6.17. The van der Waals surface area contributed by atoms with Crippen LogP contribution >= 0.6 is 0 Å². The first kappa shape index (κ1) is 12.8. The van der Waals surface area contributed by atoms with E-state index >= 15 is 0 Å². The number of methoxy groups -OCH3 is 1. The van der Waals surface area contributed by atoms with Crippen LogP contribution in [0.3, 0.4) is 0 Å². The Hall–Kier alpha value is -1.60. The van der Waals surface area contributed by atoms with Crippen LogP contribution in [-0.2, 0) is 6.54 Å². The largest absolute Gasteiger partial charge is 0.494 e. The first-order chi connectivity index (χ1) is 8.72. The topological polar surface area (TPSA) is 36.3 Å². The van der Waals surface area contributed by atoms with Crippen LogP contribution in [-0.4, -0.2) is 25.1 Å². The molecule has 0 spiro atoms. The molecule has 1 aliphatic heterocycles. The van der Waals surface area contributed by atoms with Crippen molar-refractivity contribution in [2.75, 3.05) is 20.2 Å². The molecule has 0 aromatic heterocycles. The summed E-state index contributed by atoms with van der Waals surface area (Å²) in [5.74, 6) is 0.0537. The summed E-state index contributed by atoms with van der Waals surface area (Å²) >= 11 is 0. The molecule has 0 radical (unpaired) electrons. The molecule has 1 atom stereocenters. The van der Waals surface area contributed by atoms with Gasteiger partial charge < -0.3 is 4.74 Å². The van der Waals surface area contributed by atoms with Crippen molar-refractivity contribution in [2.45, 2.75) is 19.4 Å². The van der Waals surface area contributed by atoms with Gasteiger partial charge in [0, 0.05) is 13.1 Å². The van der Waals surface area contributed by atoms with Crippen molar-refractivity contribution in [3.05, 3.63) is 29.6 Å². The van der Waals surface area contributed by atoms with Crippen molar-refractivity contribution in [1.29, 1.82) is 5.26 Å². The smallest absolute Gasteiger partial charge is 0.165 e. The Bertz CT molecular complexity index is 456. The van der Waals surface area contributed by atoms with Gasteiger partial charge in [0.2, 0.25) is 0 Å². The van der Waals surface area contributed by atoms with E-state index in [1.807, 2.05) is 6.07 Å². The maximum atomic E-state index is 13.6. The predicted octanol–water partition coefficient (Wildman–Crippen LogP) is 2.57. The zero-order valence-electron chi connectivity index (χ0n) is 10.5. The minimum absolute atomic E-state index is 0.113. The van der Waals surface area contributed by atoms with E-state index in [0.717, 1.165) is 31.5 Å². The second kappa shape index (κ2) is 5.83. The molecule has 1 aromatic carbocycles. The number of nitriles is 1. The molecule has 18 heavy (non-hydrogen) atoms. The fourth-order valence-corrected chi connectivity index (χ4v) is 2.37. The Labute approximate surface area is 107 Å². The summed E-state index contributed by atoms with van der Waals surface area (Å²) in [6, 6.07) is 7.34. The van der Waals surface area contributed by atoms with Gasteiger partial charge in [-0.25, -0.2) is 4.39 Å². The molecule has 3 nitrogen and oxygen atoms in total. The zero-order valence-corrected chi connectivity index (χ0v) is 10.5. The van der Waals surface area contributed by atoms with Crippen molar-refractivity contribution in [1.82, 2.24) is 4.90 Å². The highest BCUT2D eigenvalue weighted by molar-refractivity contribution is 5.29.